The van der Waals surface area contributed by atoms with E-state index in [2.05, 4.69) is 13.0 Å². The number of para-hydroxylation sites is 1. The smallest absolute Gasteiger partial charge is 0.124 e. The maximum Gasteiger partial charge on any atom is 0.124 e. The van der Waals surface area contributed by atoms with Crippen molar-refractivity contribution in [1.82, 2.24) is 0 Å². The summed E-state index contributed by atoms with van der Waals surface area (Å²) in [6, 6.07) is 8.32. The minimum atomic E-state index is -0.00213. The first-order valence-corrected chi connectivity index (χ1v) is 6.89. The van der Waals surface area contributed by atoms with Crippen LogP contribution in [0.15, 0.2) is 24.3 Å². The zero-order valence-corrected chi connectivity index (χ0v) is 10.3. The van der Waals surface area contributed by atoms with E-state index in [1.165, 1.54) is 0 Å². The second-order valence-corrected chi connectivity index (χ2v) is 6.39. The highest BCUT2D eigenvalue weighted by atomic mass is 32.2. The quantitative estimate of drug-likeness (QED) is 0.751. The van der Waals surface area contributed by atoms with Crippen molar-refractivity contribution in [2.45, 2.75) is 36.7 Å². The number of benzene rings is 1. The molecule has 2 heterocycles. The van der Waals surface area contributed by atoms with Gasteiger partial charge in [0.1, 0.15) is 11.4 Å². The van der Waals surface area contributed by atoms with Gasteiger partial charge in [0.2, 0.25) is 0 Å². The molecule has 0 saturated carbocycles. The van der Waals surface area contributed by atoms with E-state index < -0.39 is 0 Å². The molecule has 1 saturated heterocycles. The first-order chi connectivity index (χ1) is 7.69. The number of hydrogen-bond donors (Lipinski definition) is 1. The molecule has 1 aromatic rings. The van der Waals surface area contributed by atoms with E-state index in [1.54, 1.807) is 0 Å². The molecule has 0 aromatic heterocycles. The summed E-state index contributed by atoms with van der Waals surface area (Å²) in [4.78, 5) is 0. The van der Waals surface area contributed by atoms with E-state index in [0.29, 0.717) is 5.25 Å². The Balaban J connectivity index is 1.95. The van der Waals surface area contributed by atoms with Gasteiger partial charge in [-0.2, -0.15) is 11.8 Å². The molecule has 2 aliphatic heterocycles. The Hall–Kier alpha value is -0.670. The zero-order valence-electron chi connectivity index (χ0n) is 9.48. The molecule has 2 unspecified atom stereocenters. The molecule has 16 heavy (non-hydrogen) atoms. The third-order valence-corrected chi connectivity index (χ3v) is 4.96. The van der Waals surface area contributed by atoms with Crippen molar-refractivity contribution in [2.24, 2.45) is 5.73 Å². The summed E-state index contributed by atoms with van der Waals surface area (Å²) in [6.45, 7) is 2.27. The Bertz CT molecular complexity index is 409. The van der Waals surface area contributed by atoms with Gasteiger partial charge in [-0.1, -0.05) is 25.1 Å². The average molecular weight is 235 g/mol. The lowest BCUT2D eigenvalue weighted by Gasteiger charge is -2.38. The third-order valence-electron chi connectivity index (χ3n) is 3.53. The van der Waals surface area contributed by atoms with Gasteiger partial charge in [-0.15, -0.1) is 0 Å². The predicted molar refractivity (Wildman–Crippen MR) is 67.9 cm³/mol. The van der Waals surface area contributed by atoms with Gasteiger partial charge in [0.25, 0.3) is 0 Å². The van der Waals surface area contributed by atoms with Gasteiger partial charge < -0.3 is 10.5 Å². The molecule has 1 fully saturated rings. The van der Waals surface area contributed by atoms with Gasteiger partial charge in [0.05, 0.1) is 0 Å². The fourth-order valence-corrected chi connectivity index (χ4v) is 4.12. The standard InChI is InChI=1S/C13H17NOS/c1-9-6-13(8-16-9)7-11(14)10-4-2-3-5-12(10)15-13/h2-5,9,11H,6-8,14H2,1H3/t9?,11-,13?/m1/s1. The Kier molecular flexibility index (Phi) is 2.41. The Morgan fingerprint density at radius 1 is 1.38 bits per heavy atom. The minimum absolute atomic E-state index is 0.00213. The number of fused-ring (bicyclic) bond motifs is 1. The first-order valence-electron chi connectivity index (χ1n) is 5.84. The molecule has 2 aliphatic rings. The highest BCUT2D eigenvalue weighted by molar-refractivity contribution is 8.00. The monoisotopic (exact) mass is 235 g/mol. The van der Waals surface area contributed by atoms with Crippen molar-refractivity contribution in [1.29, 1.82) is 0 Å². The zero-order chi connectivity index (χ0) is 11.2. The van der Waals surface area contributed by atoms with Crippen LogP contribution < -0.4 is 10.5 Å². The van der Waals surface area contributed by atoms with Gasteiger partial charge in [0.15, 0.2) is 0 Å². The van der Waals surface area contributed by atoms with Crippen molar-refractivity contribution in [3.05, 3.63) is 29.8 Å². The summed E-state index contributed by atoms with van der Waals surface area (Å²) < 4.78 is 6.22. The highest BCUT2D eigenvalue weighted by Crippen LogP contribution is 2.47. The Labute approximate surface area is 101 Å². The van der Waals surface area contributed by atoms with E-state index in [-0.39, 0.29) is 11.6 Å². The van der Waals surface area contributed by atoms with Crippen LogP contribution in [0.2, 0.25) is 0 Å². The number of ether oxygens (including phenoxy) is 1. The molecule has 1 spiro atoms. The van der Waals surface area contributed by atoms with Crippen LogP contribution in [-0.4, -0.2) is 16.6 Å². The number of hydrogen-bond acceptors (Lipinski definition) is 3. The summed E-state index contributed by atoms with van der Waals surface area (Å²) >= 11 is 2.00. The molecule has 0 bridgehead atoms. The van der Waals surface area contributed by atoms with Gasteiger partial charge in [0, 0.05) is 29.0 Å². The molecule has 1 aromatic carbocycles. The fourth-order valence-electron chi connectivity index (χ4n) is 2.81. The van der Waals surface area contributed by atoms with Crippen LogP contribution in [0, 0.1) is 0 Å². The summed E-state index contributed by atoms with van der Waals surface area (Å²) in [7, 11) is 0. The van der Waals surface area contributed by atoms with Crippen molar-refractivity contribution >= 4 is 11.8 Å². The maximum absolute atomic E-state index is 6.26. The van der Waals surface area contributed by atoms with Gasteiger partial charge >= 0.3 is 0 Å². The van der Waals surface area contributed by atoms with Gasteiger partial charge in [-0.25, -0.2) is 0 Å². The van der Waals surface area contributed by atoms with Crippen LogP contribution >= 0.6 is 11.8 Å². The van der Waals surface area contributed by atoms with Crippen LogP contribution in [0.5, 0.6) is 5.75 Å². The molecule has 0 radical (unpaired) electrons. The predicted octanol–water partition coefficient (Wildman–Crippen LogP) is 2.73. The molecular weight excluding hydrogens is 218 g/mol. The molecule has 86 valence electrons. The lowest BCUT2D eigenvalue weighted by atomic mass is 9.86. The molecule has 3 atom stereocenters. The molecular formula is C13H17NOS. The van der Waals surface area contributed by atoms with E-state index in [1.807, 2.05) is 30.0 Å². The summed E-state index contributed by atoms with van der Waals surface area (Å²) in [5, 5.41) is 0.692. The number of rotatable bonds is 0. The third kappa shape index (κ3) is 1.62. The second-order valence-electron chi connectivity index (χ2n) is 4.96. The number of nitrogens with two attached hydrogens (primary N) is 1. The van der Waals surface area contributed by atoms with E-state index in [0.717, 1.165) is 29.9 Å². The van der Waals surface area contributed by atoms with E-state index in [4.69, 9.17) is 10.5 Å². The molecule has 0 aliphatic carbocycles. The van der Waals surface area contributed by atoms with Gasteiger partial charge in [-0.05, 0) is 12.5 Å². The lowest BCUT2D eigenvalue weighted by Crippen LogP contribution is -2.43. The molecule has 2 N–H and O–H groups in total. The van der Waals surface area contributed by atoms with Crippen molar-refractivity contribution in [3.63, 3.8) is 0 Å². The second kappa shape index (κ2) is 3.67. The van der Waals surface area contributed by atoms with Crippen LogP contribution in [0.25, 0.3) is 0 Å². The summed E-state index contributed by atoms with van der Waals surface area (Å²) in [6.07, 6.45) is 2.08. The lowest BCUT2D eigenvalue weighted by molar-refractivity contribution is 0.0576. The molecule has 3 heteroatoms. The largest absolute Gasteiger partial charge is 0.486 e. The summed E-state index contributed by atoms with van der Waals surface area (Å²) in [5.74, 6) is 2.08. The normalized spacial score (nSPS) is 37.1. The molecule has 3 rings (SSSR count). The molecule has 2 nitrogen and oxygen atoms in total. The van der Waals surface area contributed by atoms with Crippen LogP contribution in [0.4, 0.5) is 0 Å². The van der Waals surface area contributed by atoms with Crippen molar-refractivity contribution < 1.29 is 4.74 Å². The van der Waals surface area contributed by atoms with Gasteiger partial charge in [-0.3, -0.25) is 0 Å². The van der Waals surface area contributed by atoms with Crippen LogP contribution in [0.1, 0.15) is 31.4 Å². The minimum Gasteiger partial charge on any atom is -0.486 e. The SMILES string of the molecule is CC1CC2(CS1)C[C@@H](N)c1ccccc1O2. The molecule has 0 amide bonds. The number of thioether (sulfide) groups is 1. The maximum atomic E-state index is 6.26. The Morgan fingerprint density at radius 2 is 2.19 bits per heavy atom. The summed E-state index contributed by atoms with van der Waals surface area (Å²) in [5.41, 5.74) is 7.42. The average Bonchev–Trinajstić information content (AvgIpc) is 2.59. The Morgan fingerprint density at radius 3 is 2.94 bits per heavy atom. The fraction of sp³-hybridized carbons (Fsp3) is 0.538. The van der Waals surface area contributed by atoms with Crippen LogP contribution in [-0.2, 0) is 0 Å². The first kappa shape index (κ1) is 10.5. The van der Waals surface area contributed by atoms with E-state index >= 15 is 0 Å². The van der Waals surface area contributed by atoms with Crippen molar-refractivity contribution in [3.8, 4) is 5.75 Å². The van der Waals surface area contributed by atoms with E-state index in [9.17, 15) is 0 Å². The highest BCUT2D eigenvalue weighted by Gasteiger charge is 2.44. The van der Waals surface area contributed by atoms with Crippen molar-refractivity contribution in [2.75, 3.05) is 5.75 Å². The topological polar surface area (TPSA) is 35.2 Å². The van der Waals surface area contributed by atoms with Crippen LogP contribution in [0.3, 0.4) is 0 Å².